The lowest BCUT2D eigenvalue weighted by atomic mass is 10.2. The van der Waals surface area contributed by atoms with E-state index in [0.29, 0.717) is 6.04 Å². The fraction of sp³-hybridized carbons (Fsp3) is 0.538. The van der Waals surface area contributed by atoms with Crippen LogP contribution >= 0.6 is 0 Å². The lowest BCUT2D eigenvalue weighted by Crippen LogP contribution is -2.26. The molecule has 0 saturated heterocycles. The van der Waals surface area contributed by atoms with Gasteiger partial charge < -0.3 is 10.0 Å². The summed E-state index contributed by atoms with van der Waals surface area (Å²) in [6, 6.07) is 4.09. The number of carboxylic acid groups (broad SMARTS) is 1. The molecule has 0 aliphatic heterocycles. The Labute approximate surface area is 101 Å². The smallest absolute Gasteiger partial charge is 0.354 e. The molecule has 1 heterocycles. The van der Waals surface area contributed by atoms with Gasteiger partial charge in [0, 0.05) is 12.6 Å². The molecular formula is C13H18N2O2. The normalized spacial score (nSPS) is 14.6. The molecule has 0 bridgehead atoms. The molecule has 2 rings (SSSR count). The molecule has 4 heteroatoms. The van der Waals surface area contributed by atoms with Crippen LogP contribution in [0.5, 0.6) is 0 Å². The highest BCUT2D eigenvalue weighted by Crippen LogP contribution is 2.31. The first-order chi connectivity index (χ1) is 8.22. The van der Waals surface area contributed by atoms with E-state index < -0.39 is 5.97 Å². The van der Waals surface area contributed by atoms with Crippen LogP contribution in [0.25, 0.3) is 0 Å². The Hall–Kier alpha value is -1.58. The van der Waals surface area contributed by atoms with Crippen molar-refractivity contribution in [2.24, 2.45) is 0 Å². The maximum Gasteiger partial charge on any atom is 0.354 e. The van der Waals surface area contributed by atoms with Crippen molar-refractivity contribution in [2.75, 3.05) is 11.4 Å². The maximum absolute atomic E-state index is 10.7. The maximum atomic E-state index is 10.7. The van der Waals surface area contributed by atoms with Crippen LogP contribution in [0.4, 0.5) is 5.69 Å². The summed E-state index contributed by atoms with van der Waals surface area (Å²) in [7, 11) is 0. The van der Waals surface area contributed by atoms with Crippen molar-refractivity contribution in [3.05, 3.63) is 24.0 Å². The molecule has 1 N–H and O–H groups in total. The Morgan fingerprint density at radius 2 is 2.29 bits per heavy atom. The minimum atomic E-state index is -0.969. The first-order valence-corrected chi connectivity index (χ1v) is 6.18. The molecule has 0 aromatic carbocycles. The predicted octanol–water partition coefficient (Wildman–Crippen LogP) is 2.55. The van der Waals surface area contributed by atoms with Gasteiger partial charge >= 0.3 is 5.97 Å². The number of hydrogen-bond acceptors (Lipinski definition) is 3. The van der Waals surface area contributed by atoms with Crippen LogP contribution < -0.4 is 4.90 Å². The van der Waals surface area contributed by atoms with Crippen molar-refractivity contribution < 1.29 is 9.90 Å². The van der Waals surface area contributed by atoms with Gasteiger partial charge in [0.1, 0.15) is 5.69 Å². The van der Waals surface area contributed by atoms with E-state index in [0.717, 1.165) is 18.7 Å². The molecule has 1 fully saturated rings. The highest BCUT2D eigenvalue weighted by atomic mass is 16.4. The number of aromatic nitrogens is 1. The van der Waals surface area contributed by atoms with Crippen molar-refractivity contribution in [1.82, 2.24) is 4.98 Å². The third kappa shape index (κ3) is 2.96. The van der Waals surface area contributed by atoms with Crippen LogP contribution in [-0.2, 0) is 0 Å². The Bertz CT molecular complexity index is 385. The summed E-state index contributed by atoms with van der Waals surface area (Å²) in [6.45, 7) is 3.21. The van der Waals surface area contributed by atoms with Crippen molar-refractivity contribution in [1.29, 1.82) is 0 Å². The van der Waals surface area contributed by atoms with Gasteiger partial charge in [-0.05, 0) is 31.4 Å². The number of pyridine rings is 1. The van der Waals surface area contributed by atoms with E-state index in [1.807, 2.05) is 6.07 Å². The Kier molecular flexibility index (Phi) is 3.61. The molecule has 1 aliphatic carbocycles. The summed E-state index contributed by atoms with van der Waals surface area (Å²) in [5.41, 5.74) is 1.16. The first kappa shape index (κ1) is 11.9. The molecule has 17 heavy (non-hydrogen) atoms. The average molecular weight is 234 g/mol. The van der Waals surface area contributed by atoms with Crippen LogP contribution in [0.15, 0.2) is 18.3 Å². The second-order valence-electron chi connectivity index (χ2n) is 4.48. The molecule has 0 amide bonds. The van der Waals surface area contributed by atoms with E-state index in [-0.39, 0.29) is 5.69 Å². The molecule has 1 aliphatic rings. The van der Waals surface area contributed by atoms with Gasteiger partial charge in [-0.15, -0.1) is 0 Å². The minimum absolute atomic E-state index is 0.111. The second-order valence-corrected chi connectivity index (χ2v) is 4.48. The molecule has 0 atom stereocenters. The number of anilines is 1. The largest absolute Gasteiger partial charge is 0.477 e. The summed E-state index contributed by atoms with van der Waals surface area (Å²) < 4.78 is 0. The number of nitrogens with zero attached hydrogens (tertiary/aromatic N) is 2. The fourth-order valence-electron chi connectivity index (χ4n) is 1.92. The lowest BCUT2D eigenvalue weighted by Gasteiger charge is -2.24. The predicted molar refractivity (Wildman–Crippen MR) is 66.5 cm³/mol. The highest BCUT2D eigenvalue weighted by Gasteiger charge is 2.28. The fourth-order valence-corrected chi connectivity index (χ4v) is 1.92. The quantitative estimate of drug-likeness (QED) is 0.821. The minimum Gasteiger partial charge on any atom is -0.477 e. The lowest BCUT2D eigenvalue weighted by molar-refractivity contribution is 0.0690. The number of hydrogen-bond donors (Lipinski definition) is 1. The van der Waals surface area contributed by atoms with Gasteiger partial charge in [-0.2, -0.15) is 0 Å². The van der Waals surface area contributed by atoms with Crippen molar-refractivity contribution in [3.8, 4) is 0 Å². The van der Waals surface area contributed by atoms with Gasteiger partial charge in [-0.25, -0.2) is 9.78 Å². The zero-order valence-corrected chi connectivity index (χ0v) is 10.1. The van der Waals surface area contributed by atoms with Gasteiger partial charge in [0.15, 0.2) is 0 Å². The second kappa shape index (κ2) is 5.17. The monoisotopic (exact) mass is 234 g/mol. The van der Waals surface area contributed by atoms with E-state index >= 15 is 0 Å². The molecule has 0 radical (unpaired) electrons. The molecule has 1 aromatic rings. The van der Waals surface area contributed by atoms with Crippen LogP contribution in [0.3, 0.4) is 0 Å². The Morgan fingerprint density at radius 3 is 2.76 bits per heavy atom. The van der Waals surface area contributed by atoms with E-state index in [1.165, 1.54) is 19.3 Å². The summed E-state index contributed by atoms with van der Waals surface area (Å²) in [4.78, 5) is 17.0. The number of rotatable bonds is 6. The van der Waals surface area contributed by atoms with Gasteiger partial charge in [-0.1, -0.05) is 13.3 Å². The third-order valence-corrected chi connectivity index (χ3v) is 3.04. The van der Waals surface area contributed by atoms with Crippen LogP contribution in [0.1, 0.15) is 43.1 Å². The van der Waals surface area contributed by atoms with Gasteiger partial charge in [-0.3, -0.25) is 0 Å². The van der Waals surface area contributed by atoms with Crippen molar-refractivity contribution >= 4 is 11.7 Å². The standard InChI is InChI=1S/C13H18N2O2/c1-2-3-8-15(10-4-5-10)11-6-7-12(13(16)17)14-9-11/h6-7,9-10H,2-5,8H2,1H3,(H,16,17). The molecule has 1 saturated carbocycles. The topological polar surface area (TPSA) is 53.4 Å². The Morgan fingerprint density at radius 1 is 1.53 bits per heavy atom. The van der Waals surface area contributed by atoms with Gasteiger partial charge in [0.05, 0.1) is 11.9 Å². The van der Waals surface area contributed by atoms with Gasteiger partial charge in [0.25, 0.3) is 0 Å². The molecular weight excluding hydrogens is 216 g/mol. The SMILES string of the molecule is CCCCN(c1ccc(C(=O)O)nc1)C1CC1. The van der Waals surface area contributed by atoms with Crippen LogP contribution in [0, 0.1) is 0 Å². The molecule has 0 spiro atoms. The van der Waals surface area contributed by atoms with Crippen molar-refractivity contribution in [3.63, 3.8) is 0 Å². The number of carboxylic acids is 1. The van der Waals surface area contributed by atoms with E-state index in [1.54, 1.807) is 12.3 Å². The summed E-state index contributed by atoms with van der Waals surface area (Å²) in [5.74, 6) is -0.969. The number of unbranched alkanes of at least 4 members (excludes halogenated alkanes) is 1. The molecule has 92 valence electrons. The first-order valence-electron chi connectivity index (χ1n) is 6.18. The van der Waals surface area contributed by atoms with E-state index in [4.69, 9.17) is 5.11 Å². The van der Waals surface area contributed by atoms with E-state index in [2.05, 4.69) is 16.8 Å². The highest BCUT2D eigenvalue weighted by molar-refractivity contribution is 5.85. The van der Waals surface area contributed by atoms with E-state index in [9.17, 15) is 4.79 Å². The molecule has 1 aromatic heterocycles. The third-order valence-electron chi connectivity index (χ3n) is 3.04. The zero-order valence-electron chi connectivity index (χ0n) is 10.1. The van der Waals surface area contributed by atoms with Crippen molar-refractivity contribution in [2.45, 2.75) is 38.6 Å². The summed E-state index contributed by atoms with van der Waals surface area (Å²) in [6.07, 6.45) is 6.49. The Balaban J connectivity index is 2.09. The van der Waals surface area contributed by atoms with Gasteiger partial charge in [0.2, 0.25) is 0 Å². The number of carbonyl (C=O) groups is 1. The summed E-state index contributed by atoms with van der Waals surface area (Å²) >= 11 is 0. The molecule has 4 nitrogen and oxygen atoms in total. The van der Waals surface area contributed by atoms with Crippen LogP contribution in [-0.4, -0.2) is 28.6 Å². The summed E-state index contributed by atoms with van der Waals surface area (Å²) in [5, 5.41) is 8.80. The average Bonchev–Trinajstić information content (AvgIpc) is 3.14. The number of aromatic carboxylic acids is 1. The van der Waals surface area contributed by atoms with Crippen LogP contribution in [0.2, 0.25) is 0 Å². The zero-order chi connectivity index (χ0) is 12.3. The molecule has 0 unspecified atom stereocenters.